The number of carboxylic acid groups (broad SMARTS) is 1. The van der Waals surface area contributed by atoms with Gasteiger partial charge in [0.1, 0.15) is 5.75 Å². The summed E-state index contributed by atoms with van der Waals surface area (Å²) >= 11 is 3.61. The highest BCUT2D eigenvalue weighted by molar-refractivity contribution is 8.18. The SMILES string of the molecule is C[C@H](O)c1c(C(C)(C)C)cc(SC(C)(C)Sc2cc(C(C)(C)C)c(OC(=O)CCCC(=O)O)c(C(C)(C)C)c2)cc1C(C)(C)C. The molecule has 0 radical (unpaired) electrons. The molecule has 0 amide bonds. The molecule has 0 aromatic heterocycles. The Kier molecular flexibility index (Phi) is 12.2. The normalized spacial score (nSPS) is 14.0. The number of thioether (sulfide) groups is 2. The first-order valence-electron chi connectivity index (χ1n) is 16.0. The number of benzene rings is 2. The smallest absolute Gasteiger partial charge is 0.311 e. The number of aliphatic hydroxyl groups excluding tert-OH is 1. The zero-order chi connectivity index (χ0) is 34.9. The van der Waals surface area contributed by atoms with Crippen molar-refractivity contribution in [2.75, 3.05) is 0 Å². The van der Waals surface area contributed by atoms with Crippen LogP contribution in [-0.2, 0) is 31.2 Å². The summed E-state index contributed by atoms with van der Waals surface area (Å²) in [6, 6.07) is 8.83. The van der Waals surface area contributed by atoms with Gasteiger partial charge in [0.2, 0.25) is 0 Å². The monoisotopic (exact) mass is 658 g/mol. The molecule has 45 heavy (non-hydrogen) atoms. The van der Waals surface area contributed by atoms with Crippen molar-refractivity contribution in [3.8, 4) is 5.75 Å². The Balaban J connectivity index is 2.63. The predicted octanol–water partition coefficient (Wildman–Crippen LogP) is 10.7. The van der Waals surface area contributed by atoms with Crippen LogP contribution in [0.15, 0.2) is 34.1 Å². The molecule has 0 heterocycles. The first-order chi connectivity index (χ1) is 20.1. The maximum Gasteiger partial charge on any atom is 0.311 e. The van der Waals surface area contributed by atoms with E-state index in [4.69, 9.17) is 9.84 Å². The topological polar surface area (TPSA) is 83.8 Å². The second kappa shape index (κ2) is 14.0. The van der Waals surface area contributed by atoms with Gasteiger partial charge in [-0.1, -0.05) is 83.1 Å². The first kappa shape index (κ1) is 39.2. The third kappa shape index (κ3) is 11.1. The number of ether oxygens (including phenoxy) is 1. The molecule has 0 saturated carbocycles. The van der Waals surface area contributed by atoms with Crippen LogP contribution in [0.1, 0.15) is 157 Å². The lowest BCUT2D eigenvalue weighted by Crippen LogP contribution is -2.23. The van der Waals surface area contributed by atoms with Crippen LogP contribution in [0, 0.1) is 0 Å². The number of carbonyl (C=O) groups is 2. The molecule has 2 aromatic rings. The van der Waals surface area contributed by atoms with Gasteiger partial charge in [-0.2, -0.15) is 0 Å². The average Bonchev–Trinajstić information content (AvgIpc) is 2.80. The highest BCUT2D eigenvalue weighted by atomic mass is 32.2. The van der Waals surface area contributed by atoms with Gasteiger partial charge in [-0.15, -0.1) is 23.5 Å². The zero-order valence-electron chi connectivity index (χ0n) is 30.4. The van der Waals surface area contributed by atoms with E-state index in [1.807, 2.05) is 18.7 Å². The van der Waals surface area contributed by atoms with E-state index in [2.05, 4.69) is 121 Å². The van der Waals surface area contributed by atoms with Crippen molar-refractivity contribution in [1.82, 2.24) is 0 Å². The van der Waals surface area contributed by atoms with Crippen LogP contribution >= 0.6 is 23.5 Å². The van der Waals surface area contributed by atoms with E-state index in [1.54, 1.807) is 11.8 Å². The maximum atomic E-state index is 12.9. The Morgan fingerprint density at radius 2 is 1.02 bits per heavy atom. The minimum absolute atomic E-state index is 0.0561. The Bertz CT molecular complexity index is 1310. The molecule has 2 rings (SSSR count). The van der Waals surface area contributed by atoms with Gasteiger partial charge in [-0.05, 0) is 89.8 Å². The largest absolute Gasteiger partial charge is 0.481 e. The summed E-state index contributed by atoms with van der Waals surface area (Å²) in [5, 5.41) is 19.9. The third-order valence-electron chi connectivity index (χ3n) is 7.58. The van der Waals surface area contributed by atoms with Crippen molar-refractivity contribution in [3.05, 3.63) is 52.1 Å². The molecule has 5 nitrogen and oxygen atoms in total. The average molecular weight is 659 g/mol. The van der Waals surface area contributed by atoms with Gasteiger partial charge in [-0.25, -0.2) is 0 Å². The van der Waals surface area contributed by atoms with Crippen molar-refractivity contribution in [2.45, 2.75) is 165 Å². The summed E-state index contributed by atoms with van der Waals surface area (Å²) in [5.41, 5.74) is 4.42. The van der Waals surface area contributed by atoms with Crippen molar-refractivity contribution < 1.29 is 24.5 Å². The van der Waals surface area contributed by atoms with Crippen LogP contribution in [0.5, 0.6) is 5.75 Å². The highest BCUT2D eigenvalue weighted by Gasteiger charge is 2.33. The molecule has 252 valence electrons. The number of hydrogen-bond donors (Lipinski definition) is 2. The summed E-state index contributed by atoms with van der Waals surface area (Å²) < 4.78 is 5.79. The van der Waals surface area contributed by atoms with Crippen molar-refractivity contribution >= 4 is 35.5 Å². The number of aliphatic hydroxyl groups is 1. The number of rotatable bonds is 10. The second-order valence-electron chi connectivity index (χ2n) is 16.8. The summed E-state index contributed by atoms with van der Waals surface area (Å²) in [7, 11) is 0. The summed E-state index contributed by atoms with van der Waals surface area (Å²) in [6.07, 6.45) is -0.326. The third-order valence-corrected chi connectivity index (χ3v) is 10.0. The maximum absolute atomic E-state index is 12.9. The Morgan fingerprint density at radius 3 is 1.33 bits per heavy atom. The molecule has 7 heteroatoms. The Hall–Kier alpha value is -1.96. The van der Waals surface area contributed by atoms with Gasteiger partial charge in [0.05, 0.1) is 10.2 Å². The van der Waals surface area contributed by atoms with Crippen LogP contribution in [0.3, 0.4) is 0 Å². The molecular weight excluding hydrogens is 601 g/mol. The van der Waals surface area contributed by atoms with Crippen molar-refractivity contribution in [3.63, 3.8) is 0 Å². The number of aliphatic carboxylic acids is 1. The van der Waals surface area contributed by atoms with E-state index >= 15 is 0 Å². The number of hydrogen-bond acceptors (Lipinski definition) is 6. The fourth-order valence-corrected chi connectivity index (χ4v) is 7.99. The van der Waals surface area contributed by atoms with Crippen LogP contribution < -0.4 is 4.74 Å². The van der Waals surface area contributed by atoms with Gasteiger partial charge < -0.3 is 14.9 Å². The quantitative estimate of drug-likeness (QED) is 0.114. The van der Waals surface area contributed by atoms with Gasteiger partial charge in [0.25, 0.3) is 0 Å². The van der Waals surface area contributed by atoms with Crippen molar-refractivity contribution in [2.24, 2.45) is 0 Å². The molecular formula is C38H58O5S2. The van der Waals surface area contributed by atoms with Gasteiger partial charge >= 0.3 is 11.9 Å². The van der Waals surface area contributed by atoms with E-state index in [9.17, 15) is 14.7 Å². The van der Waals surface area contributed by atoms with E-state index in [0.29, 0.717) is 5.75 Å². The van der Waals surface area contributed by atoms with Crippen LogP contribution in [0.2, 0.25) is 0 Å². The van der Waals surface area contributed by atoms with Gasteiger partial charge in [0, 0.05) is 33.8 Å². The molecule has 0 bridgehead atoms. The van der Waals surface area contributed by atoms with Crippen LogP contribution in [-0.4, -0.2) is 26.2 Å². The molecule has 1 atom stereocenters. The first-order valence-corrected chi connectivity index (χ1v) is 17.6. The van der Waals surface area contributed by atoms with E-state index in [1.165, 1.54) is 16.0 Å². The lowest BCUT2D eigenvalue weighted by molar-refractivity contribution is -0.137. The van der Waals surface area contributed by atoms with Gasteiger partial charge in [-0.3, -0.25) is 9.59 Å². The van der Waals surface area contributed by atoms with E-state index in [0.717, 1.165) is 21.6 Å². The number of esters is 1. The zero-order valence-corrected chi connectivity index (χ0v) is 32.1. The Labute approximate surface area is 281 Å². The lowest BCUT2D eigenvalue weighted by Gasteiger charge is -2.34. The van der Waals surface area contributed by atoms with E-state index < -0.39 is 18.0 Å². The number of carboxylic acids is 1. The number of carbonyl (C=O) groups excluding carboxylic acids is 1. The van der Waals surface area contributed by atoms with Crippen LogP contribution in [0.25, 0.3) is 0 Å². The standard InChI is InChI=1S/C38H58O5S2/c1-23(39)32-26(34(2,3)4)19-24(20-27(32)35(5,6)7)44-38(14,15)45-25-21-28(36(8,9)10)33(29(22-25)37(11,12)13)43-31(42)18-16-17-30(40)41/h19-23,39H,16-18H2,1-15H3,(H,40,41)/t23-/m0/s1. The van der Waals surface area contributed by atoms with Gasteiger partial charge in [0.15, 0.2) is 0 Å². The minimum Gasteiger partial charge on any atom is -0.481 e. The minimum atomic E-state index is -0.918. The molecule has 0 aliphatic heterocycles. The molecule has 0 aliphatic carbocycles. The highest BCUT2D eigenvalue weighted by Crippen LogP contribution is 2.51. The summed E-state index contributed by atoms with van der Waals surface area (Å²) in [4.78, 5) is 26.1. The second-order valence-corrected chi connectivity index (χ2v) is 20.4. The summed E-state index contributed by atoms with van der Waals surface area (Å²) in [6.45, 7) is 32.3. The molecule has 0 unspecified atom stereocenters. The Morgan fingerprint density at radius 1 is 0.667 bits per heavy atom. The molecule has 0 fully saturated rings. The lowest BCUT2D eigenvalue weighted by atomic mass is 9.75. The predicted molar refractivity (Wildman–Crippen MR) is 191 cm³/mol. The molecule has 0 spiro atoms. The van der Waals surface area contributed by atoms with E-state index in [-0.39, 0.29) is 45.0 Å². The molecule has 2 N–H and O–H groups in total. The molecule has 0 saturated heterocycles. The fraction of sp³-hybridized carbons (Fsp3) is 0.632. The summed E-state index contributed by atoms with van der Waals surface area (Å²) in [5.74, 6) is -0.740. The van der Waals surface area contributed by atoms with Crippen LogP contribution in [0.4, 0.5) is 0 Å². The fourth-order valence-electron chi connectivity index (χ4n) is 5.40. The molecule has 0 aliphatic rings. The van der Waals surface area contributed by atoms with Crippen molar-refractivity contribution in [1.29, 1.82) is 0 Å². The molecule has 2 aromatic carbocycles.